The SMILES string of the molecule is Cc1ccc(OCC(=O)NC(CN)CC(C)C)cc1C.Cl. The van der Waals surface area contributed by atoms with E-state index in [1.165, 1.54) is 5.56 Å². The Balaban J connectivity index is 0.00000400. The molecule has 1 unspecified atom stereocenters. The van der Waals surface area contributed by atoms with Crippen LogP contribution in [0, 0.1) is 19.8 Å². The highest BCUT2D eigenvalue weighted by Crippen LogP contribution is 2.16. The van der Waals surface area contributed by atoms with Crippen molar-refractivity contribution in [2.75, 3.05) is 13.2 Å². The smallest absolute Gasteiger partial charge is 0.258 e. The molecule has 3 N–H and O–H groups in total. The zero-order valence-corrected chi connectivity index (χ0v) is 14.1. The number of hydrogen-bond donors (Lipinski definition) is 2. The number of rotatable bonds is 7. The molecule has 1 aromatic carbocycles. The second-order valence-corrected chi connectivity index (χ2v) is 5.66. The summed E-state index contributed by atoms with van der Waals surface area (Å²) in [7, 11) is 0. The minimum atomic E-state index is -0.126. The Morgan fingerprint density at radius 3 is 2.48 bits per heavy atom. The topological polar surface area (TPSA) is 64.3 Å². The summed E-state index contributed by atoms with van der Waals surface area (Å²) in [6.45, 7) is 8.77. The van der Waals surface area contributed by atoms with Crippen LogP contribution in [-0.2, 0) is 4.79 Å². The number of benzene rings is 1. The Morgan fingerprint density at radius 1 is 1.29 bits per heavy atom. The van der Waals surface area contributed by atoms with Gasteiger partial charge in [-0.25, -0.2) is 0 Å². The summed E-state index contributed by atoms with van der Waals surface area (Å²) in [6, 6.07) is 5.83. The number of carbonyl (C=O) groups is 1. The maximum atomic E-state index is 11.8. The second-order valence-electron chi connectivity index (χ2n) is 5.66. The lowest BCUT2D eigenvalue weighted by atomic mass is 10.0. The molecule has 0 aliphatic carbocycles. The predicted octanol–water partition coefficient (Wildman–Crippen LogP) is 2.59. The molecular formula is C16H27ClN2O2. The largest absolute Gasteiger partial charge is 0.484 e. The van der Waals surface area contributed by atoms with Gasteiger partial charge in [0.25, 0.3) is 5.91 Å². The first-order valence-corrected chi connectivity index (χ1v) is 7.11. The molecule has 1 aromatic rings. The predicted molar refractivity (Wildman–Crippen MR) is 89.1 cm³/mol. The average Bonchev–Trinajstić information content (AvgIpc) is 2.39. The molecular weight excluding hydrogens is 288 g/mol. The third-order valence-corrected chi connectivity index (χ3v) is 3.25. The lowest BCUT2D eigenvalue weighted by Crippen LogP contribution is -2.43. The van der Waals surface area contributed by atoms with Crippen LogP contribution in [-0.4, -0.2) is 25.1 Å². The molecule has 5 heteroatoms. The molecule has 1 atom stereocenters. The van der Waals surface area contributed by atoms with E-state index in [2.05, 4.69) is 19.2 Å². The molecule has 0 saturated carbocycles. The first-order chi connectivity index (χ1) is 9.42. The molecule has 0 heterocycles. The summed E-state index contributed by atoms with van der Waals surface area (Å²) < 4.78 is 5.50. The van der Waals surface area contributed by atoms with Crippen LogP contribution < -0.4 is 15.8 Å². The molecule has 0 spiro atoms. The summed E-state index contributed by atoms with van der Waals surface area (Å²) in [5, 5.41) is 2.91. The van der Waals surface area contributed by atoms with Gasteiger partial charge < -0.3 is 15.8 Å². The third-order valence-electron chi connectivity index (χ3n) is 3.25. The Kier molecular flexibility index (Phi) is 9.06. The van der Waals surface area contributed by atoms with Gasteiger partial charge in [-0.05, 0) is 49.4 Å². The van der Waals surface area contributed by atoms with E-state index in [-0.39, 0.29) is 31.0 Å². The van der Waals surface area contributed by atoms with Crippen molar-refractivity contribution < 1.29 is 9.53 Å². The molecule has 4 nitrogen and oxygen atoms in total. The van der Waals surface area contributed by atoms with Gasteiger partial charge in [0.1, 0.15) is 5.75 Å². The van der Waals surface area contributed by atoms with Crippen LogP contribution in [0.15, 0.2) is 18.2 Å². The van der Waals surface area contributed by atoms with Crippen LogP contribution in [0.5, 0.6) is 5.75 Å². The van der Waals surface area contributed by atoms with E-state index in [1.807, 2.05) is 32.0 Å². The van der Waals surface area contributed by atoms with Crippen LogP contribution in [0.1, 0.15) is 31.4 Å². The number of amides is 1. The lowest BCUT2D eigenvalue weighted by molar-refractivity contribution is -0.123. The number of halogens is 1. The number of nitrogens with two attached hydrogens (primary N) is 1. The molecule has 1 rings (SSSR count). The van der Waals surface area contributed by atoms with E-state index in [0.717, 1.165) is 17.7 Å². The lowest BCUT2D eigenvalue weighted by Gasteiger charge is -2.19. The van der Waals surface area contributed by atoms with Crippen molar-refractivity contribution in [2.45, 2.75) is 40.2 Å². The Morgan fingerprint density at radius 2 is 1.95 bits per heavy atom. The van der Waals surface area contributed by atoms with Crippen molar-refractivity contribution in [3.05, 3.63) is 29.3 Å². The third kappa shape index (κ3) is 7.34. The van der Waals surface area contributed by atoms with Crippen molar-refractivity contribution in [3.63, 3.8) is 0 Å². The van der Waals surface area contributed by atoms with E-state index in [1.54, 1.807) is 0 Å². The van der Waals surface area contributed by atoms with Gasteiger partial charge in [-0.1, -0.05) is 19.9 Å². The molecule has 21 heavy (non-hydrogen) atoms. The van der Waals surface area contributed by atoms with Gasteiger partial charge in [0.05, 0.1) is 0 Å². The zero-order chi connectivity index (χ0) is 15.1. The Hall–Kier alpha value is -1.26. The van der Waals surface area contributed by atoms with E-state index in [4.69, 9.17) is 10.5 Å². The summed E-state index contributed by atoms with van der Waals surface area (Å²) in [5.41, 5.74) is 8.02. The Labute approximate surface area is 133 Å². The number of nitrogens with one attached hydrogen (secondary N) is 1. The summed E-state index contributed by atoms with van der Waals surface area (Å²) in [5.74, 6) is 1.10. The van der Waals surface area contributed by atoms with Crippen molar-refractivity contribution in [2.24, 2.45) is 11.7 Å². The average molecular weight is 315 g/mol. The van der Waals surface area contributed by atoms with Gasteiger partial charge in [0.15, 0.2) is 6.61 Å². The number of ether oxygens (including phenoxy) is 1. The molecule has 0 aliphatic heterocycles. The Bertz CT molecular complexity index is 450. The number of aryl methyl sites for hydroxylation is 2. The number of hydrogen-bond acceptors (Lipinski definition) is 3. The normalized spacial score (nSPS) is 11.7. The van der Waals surface area contributed by atoms with Gasteiger partial charge in [-0.15, -0.1) is 12.4 Å². The van der Waals surface area contributed by atoms with Crippen molar-refractivity contribution >= 4 is 18.3 Å². The minimum absolute atomic E-state index is 0. The molecule has 120 valence electrons. The number of carbonyl (C=O) groups excluding carboxylic acids is 1. The van der Waals surface area contributed by atoms with Crippen molar-refractivity contribution in [1.82, 2.24) is 5.32 Å². The maximum absolute atomic E-state index is 11.8. The van der Waals surface area contributed by atoms with Gasteiger partial charge >= 0.3 is 0 Å². The van der Waals surface area contributed by atoms with Crippen LogP contribution in [0.2, 0.25) is 0 Å². The van der Waals surface area contributed by atoms with Crippen molar-refractivity contribution in [3.8, 4) is 5.75 Å². The molecule has 0 radical (unpaired) electrons. The first-order valence-electron chi connectivity index (χ1n) is 7.11. The van der Waals surface area contributed by atoms with Crippen LogP contribution in [0.4, 0.5) is 0 Å². The fourth-order valence-corrected chi connectivity index (χ4v) is 2.01. The summed E-state index contributed by atoms with van der Waals surface area (Å²) >= 11 is 0. The van der Waals surface area contributed by atoms with Crippen LogP contribution in [0.25, 0.3) is 0 Å². The maximum Gasteiger partial charge on any atom is 0.258 e. The fraction of sp³-hybridized carbons (Fsp3) is 0.562. The molecule has 0 saturated heterocycles. The highest BCUT2D eigenvalue weighted by Gasteiger charge is 2.12. The highest BCUT2D eigenvalue weighted by atomic mass is 35.5. The minimum Gasteiger partial charge on any atom is -0.484 e. The van der Waals surface area contributed by atoms with Crippen LogP contribution in [0.3, 0.4) is 0 Å². The van der Waals surface area contributed by atoms with E-state index in [0.29, 0.717) is 12.5 Å². The van der Waals surface area contributed by atoms with Gasteiger partial charge in [0.2, 0.25) is 0 Å². The van der Waals surface area contributed by atoms with Gasteiger partial charge in [-0.3, -0.25) is 4.79 Å². The van der Waals surface area contributed by atoms with Gasteiger partial charge in [0, 0.05) is 12.6 Å². The monoisotopic (exact) mass is 314 g/mol. The van der Waals surface area contributed by atoms with E-state index >= 15 is 0 Å². The fourth-order valence-electron chi connectivity index (χ4n) is 2.01. The zero-order valence-electron chi connectivity index (χ0n) is 13.3. The summed E-state index contributed by atoms with van der Waals surface area (Å²) in [6.07, 6.45) is 0.881. The van der Waals surface area contributed by atoms with Crippen molar-refractivity contribution in [1.29, 1.82) is 0 Å². The summed E-state index contributed by atoms with van der Waals surface area (Å²) in [4.78, 5) is 11.8. The first kappa shape index (κ1) is 19.7. The highest BCUT2D eigenvalue weighted by molar-refractivity contribution is 5.85. The molecule has 0 bridgehead atoms. The quantitative estimate of drug-likeness (QED) is 0.813. The van der Waals surface area contributed by atoms with E-state index in [9.17, 15) is 4.79 Å². The van der Waals surface area contributed by atoms with Gasteiger partial charge in [-0.2, -0.15) is 0 Å². The standard InChI is InChI=1S/C16H26N2O2.ClH/c1-11(2)7-14(9-17)18-16(19)10-20-15-6-5-12(3)13(4)8-15;/h5-6,8,11,14H,7,9-10,17H2,1-4H3,(H,18,19);1H. The molecule has 1 amide bonds. The molecule has 0 aliphatic rings. The van der Waals surface area contributed by atoms with E-state index < -0.39 is 0 Å². The van der Waals surface area contributed by atoms with Crippen LogP contribution >= 0.6 is 12.4 Å². The molecule has 0 aromatic heterocycles. The molecule has 0 fully saturated rings. The second kappa shape index (κ2) is 9.64.